The summed E-state index contributed by atoms with van der Waals surface area (Å²) in [4.78, 5) is 26.4. The summed E-state index contributed by atoms with van der Waals surface area (Å²) >= 11 is 0. The molecule has 0 aromatic carbocycles. The summed E-state index contributed by atoms with van der Waals surface area (Å²) in [5.74, 6) is -1.55. The Bertz CT molecular complexity index is 542. The van der Waals surface area contributed by atoms with E-state index in [2.05, 4.69) is 4.98 Å². The fourth-order valence-corrected chi connectivity index (χ4v) is 2.36. The van der Waals surface area contributed by atoms with Crippen molar-refractivity contribution < 1.29 is 24.5 Å². The summed E-state index contributed by atoms with van der Waals surface area (Å²) in [5.41, 5.74) is 0.931. The topological polar surface area (TPSA) is 96.7 Å². The first-order chi connectivity index (χ1) is 11.0. The number of carboxylic acid groups (broad SMARTS) is 1. The van der Waals surface area contributed by atoms with Gasteiger partial charge >= 0.3 is 11.9 Å². The van der Waals surface area contributed by atoms with E-state index in [4.69, 9.17) is 9.84 Å². The van der Waals surface area contributed by atoms with Gasteiger partial charge in [0.25, 0.3) is 0 Å². The molecule has 6 heteroatoms. The number of nitrogens with zero attached hydrogens (tertiary/aromatic N) is 1. The number of carbonyl (C=O) groups is 2. The summed E-state index contributed by atoms with van der Waals surface area (Å²) in [6.45, 7) is 3.82. The number of esters is 1. The number of carbonyl (C=O) groups excluding carboxylic acids is 1. The lowest BCUT2D eigenvalue weighted by atomic mass is 10.1. The Morgan fingerprint density at radius 1 is 1.17 bits per heavy atom. The smallest absolute Gasteiger partial charge is 0.339 e. The number of pyridine rings is 1. The Hall–Kier alpha value is -2.11. The second kappa shape index (κ2) is 9.82. The van der Waals surface area contributed by atoms with Gasteiger partial charge in [0.05, 0.1) is 12.3 Å². The molecule has 23 heavy (non-hydrogen) atoms. The largest absolute Gasteiger partial charge is 0.505 e. The van der Waals surface area contributed by atoms with E-state index < -0.39 is 5.97 Å². The van der Waals surface area contributed by atoms with E-state index >= 15 is 0 Å². The molecule has 0 atom stereocenters. The molecule has 1 aromatic heterocycles. The van der Waals surface area contributed by atoms with Crippen LogP contribution in [-0.2, 0) is 16.0 Å². The maximum absolute atomic E-state index is 11.2. The van der Waals surface area contributed by atoms with Gasteiger partial charge in [0.15, 0.2) is 5.75 Å². The van der Waals surface area contributed by atoms with Crippen LogP contribution < -0.4 is 0 Å². The molecule has 0 fully saturated rings. The third-order valence-corrected chi connectivity index (χ3v) is 3.57. The first-order valence-corrected chi connectivity index (χ1v) is 8.04. The summed E-state index contributed by atoms with van der Waals surface area (Å²) in [7, 11) is 0. The lowest BCUT2D eigenvalue weighted by Crippen LogP contribution is -2.03. The SMILES string of the molecule is CCOC(=O)CCCCCCCc1cc(C(=O)O)c(O)c(C)n1. The Balaban J connectivity index is 2.29. The predicted octanol–water partition coefficient (Wildman–Crippen LogP) is 3.24. The molecule has 0 aliphatic carbocycles. The van der Waals surface area contributed by atoms with Gasteiger partial charge in [-0.3, -0.25) is 9.78 Å². The number of ether oxygens (including phenoxy) is 1. The second-order valence-electron chi connectivity index (χ2n) is 5.47. The second-order valence-corrected chi connectivity index (χ2v) is 5.47. The highest BCUT2D eigenvalue weighted by Crippen LogP contribution is 2.22. The molecule has 1 rings (SSSR count). The first kappa shape index (κ1) is 18.9. The molecular weight excluding hydrogens is 298 g/mol. The first-order valence-electron chi connectivity index (χ1n) is 8.04. The number of hydrogen-bond donors (Lipinski definition) is 2. The van der Waals surface area contributed by atoms with Crippen LogP contribution in [-0.4, -0.2) is 33.7 Å². The quantitative estimate of drug-likeness (QED) is 0.507. The average Bonchev–Trinajstić information content (AvgIpc) is 2.49. The molecule has 0 saturated carbocycles. The highest BCUT2D eigenvalue weighted by molar-refractivity contribution is 5.91. The van der Waals surface area contributed by atoms with Crippen LogP contribution in [0.2, 0.25) is 0 Å². The zero-order chi connectivity index (χ0) is 17.2. The van der Waals surface area contributed by atoms with E-state index in [-0.39, 0.29) is 17.3 Å². The summed E-state index contributed by atoms with van der Waals surface area (Å²) in [5, 5.41) is 18.7. The van der Waals surface area contributed by atoms with E-state index in [9.17, 15) is 14.7 Å². The van der Waals surface area contributed by atoms with Gasteiger partial charge < -0.3 is 14.9 Å². The summed E-state index contributed by atoms with van der Waals surface area (Å²) in [6.07, 6.45) is 5.86. The van der Waals surface area contributed by atoms with Crippen molar-refractivity contribution >= 4 is 11.9 Å². The lowest BCUT2D eigenvalue weighted by molar-refractivity contribution is -0.143. The molecule has 6 nitrogen and oxygen atoms in total. The average molecular weight is 323 g/mol. The molecule has 1 heterocycles. The molecule has 0 bridgehead atoms. The molecule has 0 amide bonds. The van der Waals surface area contributed by atoms with Crippen LogP contribution in [0.3, 0.4) is 0 Å². The van der Waals surface area contributed by atoms with E-state index in [1.807, 2.05) is 0 Å². The highest BCUT2D eigenvalue weighted by atomic mass is 16.5. The molecular formula is C17H25NO5. The lowest BCUT2D eigenvalue weighted by Gasteiger charge is -2.07. The number of aryl methyl sites for hydroxylation is 2. The monoisotopic (exact) mass is 323 g/mol. The fourth-order valence-electron chi connectivity index (χ4n) is 2.36. The molecule has 0 unspecified atom stereocenters. The van der Waals surface area contributed by atoms with Crippen LogP contribution in [0.15, 0.2) is 6.07 Å². The minimum atomic E-state index is -1.15. The molecule has 128 valence electrons. The minimum absolute atomic E-state index is 0.0954. The van der Waals surface area contributed by atoms with Crippen LogP contribution in [0.1, 0.15) is 67.2 Å². The molecule has 0 aliphatic rings. The summed E-state index contributed by atoms with van der Waals surface area (Å²) in [6, 6.07) is 1.44. The standard InChI is InChI=1S/C17H25NO5/c1-3-23-15(19)10-8-6-4-5-7-9-13-11-14(17(21)22)16(20)12(2)18-13/h11,20H,3-10H2,1-2H3,(H,21,22). The molecule has 0 aliphatic heterocycles. The zero-order valence-corrected chi connectivity index (χ0v) is 13.8. The molecule has 0 spiro atoms. The van der Waals surface area contributed by atoms with Crippen molar-refractivity contribution in [1.82, 2.24) is 4.98 Å². The van der Waals surface area contributed by atoms with Gasteiger partial charge in [0.2, 0.25) is 0 Å². The Morgan fingerprint density at radius 3 is 2.48 bits per heavy atom. The van der Waals surface area contributed by atoms with E-state index in [1.54, 1.807) is 13.8 Å². The number of aromatic nitrogens is 1. The van der Waals surface area contributed by atoms with Gasteiger partial charge in [-0.2, -0.15) is 0 Å². The normalized spacial score (nSPS) is 10.5. The number of carboxylic acids is 1. The zero-order valence-electron chi connectivity index (χ0n) is 13.8. The van der Waals surface area contributed by atoms with Crippen LogP contribution in [0.25, 0.3) is 0 Å². The van der Waals surface area contributed by atoms with Crippen molar-refractivity contribution in [2.45, 2.75) is 58.8 Å². The summed E-state index contributed by atoms with van der Waals surface area (Å²) < 4.78 is 4.86. The maximum Gasteiger partial charge on any atom is 0.339 e. The maximum atomic E-state index is 11.2. The van der Waals surface area contributed by atoms with Crippen molar-refractivity contribution in [2.24, 2.45) is 0 Å². The highest BCUT2D eigenvalue weighted by Gasteiger charge is 2.14. The van der Waals surface area contributed by atoms with Gasteiger partial charge in [-0.25, -0.2) is 4.79 Å². The Labute approximate surface area is 136 Å². The van der Waals surface area contributed by atoms with Crippen LogP contribution in [0, 0.1) is 6.92 Å². The third kappa shape index (κ3) is 6.67. The van der Waals surface area contributed by atoms with Gasteiger partial charge in [0, 0.05) is 12.1 Å². The number of hydrogen-bond acceptors (Lipinski definition) is 5. The molecule has 2 N–H and O–H groups in total. The fraction of sp³-hybridized carbons (Fsp3) is 0.588. The van der Waals surface area contributed by atoms with E-state index in [0.29, 0.717) is 30.8 Å². The van der Waals surface area contributed by atoms with Gasteiger partial charge in [-0.05, 0) is 39.2 Å². The third-order valence-electron chi connectivity index (χ3n) is 3.57. The van der Waals surface area contributed by atoms with Crippen LogP contribution >= 0.6 is 0 Å². The Morgan fingerprint density at radius 2 is 1.83 bits per heavy atom. The van der Waals surface area contributed by atoms with Crippen molar-refractivity contribution in [3.8, 4) is 5.75 Å². The van der Waals surface area contributed by atoms with Crippen molar-refractivity contribution in [1.29, 1.82) is 0 Å². The number of unbranched alkanes of at least 4 members (excludes halogenated alkanes) is 4. The number of rotatable bonds is 10. The molecule has 1 aromatic rings. The minimum Gasteiger partial charge on any atom is -0.505 e. The van der Waals surface area contributed by atoms with Gasteiger partial charge in [-0.15, -0.1) is 0 Å². The van der Waals surface area contributed by atoms with Crippen molar-refractivity contribution in [2.75, 3.05) is 6.61 Å². The van der Waals surface area contributed by atoms with Crippen LogP contribution in [0.5, 0.6) is 5.75 Å². The number of aromatic carboxylic acids is 1. The van der Waals surface area contributed by atoms with Gasteiger partial charge in [0.1, 0.15) is 5.56 Å². The van der Waals surface area contributed by atoms with Gasteiger partial charge in [-0.1, -0.05) is 19.3 Å². The van der Waals surface area contributed by atoms with E-state index in [0.717, 1.165) is 32.1 Å². The van der Waals surface area contributed by atoms with Crippen molar-refractivity contribution in [3.63, 3.8) is 0 Å². The van der Waals surface area contributed by atoms with Crippen molar-refractivity contribution in [3.05, 3.63) is 23.0 Å². The molecule has 0 radical (unpaired) electrons. The van der Waals surface area contributed by atoms with Crippen LogP contribution in [0.4, 0.5) is 0 Å². The molecule has 0 saturated heterocycles. The Kier molecular flexibility index (Phi) is 8.08. The predicted molar refractivity (Wildman–Crippen MR) is 85.6 cm³/mol. The number of aromatic hydroxyl groups is 1. The van der Waals surface area contributed by atoms with E-state index in [1.165, 1.54) is 6.07 Å².